The highest BCUT2D eigenvalue weighted by molar-refractivity contribution is 5.82. The molecular weight excluding hydrogens is 296 g/mol. The van der Waals surface area contributed by atoms with Crippen LogP contribution in [0.5, 0.6) is 0 Å². The van der Waals surface area contributed by atoms with Crippen molar-refractivity contribution < 1.29 is 24.3 Å². The Labute approximate surface area is 138 Å². The highest BCUT2D eigenvalue weighted by atomic mass is 16.4. The van der Waals surface area contributed by atoms with Crippen molar-refractivity contribution >= 4 is 11.9 Å². The highest BCUT2D eigenvalue weighted by Crippen LogP contribution is 2.66. The molecule has 0 aromatic rings. The molecule has 0 radical (unpaired) electrons. The van der Waals surface area contributed by atoms with Crippen LogP contribution in [0.15, 0.2) is 0 Å². The Morgan fingerprint density at radius 3 is 2.13 bits per heavy atom. The Bertz CT molecular complexity index is 483. The molecule has 3 atom stereocenters. The van der Waals surface area contributed by atoms with E-state index >= 15 is 0 Å². The summed E-state index contributed by atoms with van der Waals surface area (Å²) in [6, 6.07) is 0. The third kappa shape index (κ3) is 2.98. The summed E-state index contributed by atoms with van der Waals surface area (Å²) in [6.45, 7) is 4.13. The molecular formula is C17H30N2O4. The van der Waals surface area contributed by atoms with Crippen LogP contribution in [-0.4, -0.2) is 72.7 Å². The van der Waals surface area contributed by atoms with Gasteiger partial charge in [-0.3, -0.25) is 9.69 Å². The molecule has 1 N–H and O–H groups in total. The predicted octanol–water partition coefficient (Wildman–Crippen LogP) is 0.168. The van der Waals surface area contributed by atoms with Crippen LogP contribution in [0.1, 0.15) is 39.0 Å². The van der Waals surface area contributed by atoms with E-state index in [2.05, 4.69) is 26.0 Å². The molecule has 2 saturated heterocycles. The Balaban J connectivity index is 0.000000433. The molecule has 1 spiro atoms. The summed E-state index contributed by atoms with van der Waals surface area (Å²) < 4.78 is 0.983. The Kier molecular flexibility index (Phi) is 4.79. The van der Waals surface area contributed by atoms with Crippen molar-refractivity contribution in [3.8, 4) is 0 Å². The van der Waals surface area contributed by atoms with Crippen LogP contribution < -0.4 is 5.11 Å². The first-order chi connectivity index (χ1) is 10.5. The average Bonchev–Trinajstić information content (AvgIpc) is 2.56. The molecule has 2 heterocycles. The molecule has 0 aromatic carbocycles. The molecule has 0 aromatic heterocycles. The lowest BCUT2D eigenvalue weighted by Gasteiger charge is -2.61. The number of carbonyl (C=O) groups is 2. The largest absolute Gasteiger partial charge is 0.550 e. The lowest BCUT2D eigenvalue weighted by molar-refractivity contribution is -0.871. The molecule has 6 nitrogen and oxygen atoms in total. The van der Waals surface area contributed by atoms with E-state index in [4.69, 9.17) is 9.90 Å². The third-order valence-electron chi connectivity index (χ3n) is 6.16. The molecule has 2 aliphatic heterocycles. The van der Waals surface area contributed by atoms with Gasteiger partial charge in [0.05, 0.1) is 27.7 Å². The summed E-state index contributed by atoms with van der Waals surface area (Å²) in [5.41, 5.74) is -0.382. The first-order valence-electron chi connectivity index (χ1n) is 8.52. The minimum absolute atomic E-state index is 0.103. The van der Waals surface area contributed by atoms with Gasteiger partial charge in [-0.2, -0.15) is 0 Å². The van der Waals surface area contributed by atoms with Crippen LogP contribution in [0.4, 0.5) is 0 Å². The highest BCUT2D eigenvalue weighted by Gasteiger charge is 2.72. The van der Waals surface area contributed by atoms with E-state index in [0.717, 1.165) is 50.3 Å². The fourth-order valence-corrected chi connectivity index (χ4v) is 4.89. The summed E-state index contributed by atoms with van der Waals surface area (Å²) in [5.74, 6) is -1.00. The van der Waals surface area contributed by atoms with Crippen molar-refractivity contribution in [2.75, 3.05) is 40.8 Å². The monoisotopic (exact) mass is 326 g/mol. The first-order valence-corrected chi connectivity index (χ1v) is 8.52. The fourth-order valence-electron chi connectivity index (χ4n) is 4.89. The van der Waals surface area contributed by atoms with Gasteiger partial charge in [0.25, 0.3) is 0 Å². The van der Waals surface area contributed by atoms with Crippen LogP contribution in [-0.2, 0) is 9.59 Å². The van der Waals surface area contributed by atoms with Gasteiger partial charge in [-0.25, -0.2) is 0 Å². The molecule has 3 rings (SSSR count). The quantitative estimate of drug-likeness (QED) is 0.745. The number of quaternary nitrogens is 1. The van der Waals surface area contributed by atoms with Crippen molar-refractivity contribution in [3.05, 3.63) is 0 Å². The number of nitrogens with zero attached hydrogens (tertiary/aromatic N) is 2. The molecule has 0 amide bonds. The van der Waals surface area contributed by atoms with Crippen molar-refractivity contribution in [2.45, 2.75) is 44.6 Å². The standard InChI is InChI=1S/C15H26N2O2.C2H4O2/c1-17(2,3)11-5-12-4-6-14(12)7-9-16-10-8-15(14,16)13(18)19;1-2(3)4/h12H,4-11H2,1-3H3;1H3,(H,3,4)/t12?,14?,15-;/m1./s1. The van der Waals surface area contributed by atoms with Crippen LogP contribution in [0.3, 0.4) is 0 Å². The van der Waals surface area contributed by atoms with Gasteiger partial charge in [0.15, 0.2) is 0 Å². The second-order valence-electron chi connectivity index (χ2n) is 8.34. The molecule has 132 valence electrons. The van der Waals surface area contributed by atoms with E-state index < -0.39 is 17.5 Å². The number of hydrogen-bond acceptors (Lipinski definition) is 4. The van der Waals surface area contributed by atoms with Gasteiger partial charge in [0.1, 0.15) is 5.54 Å². The van der Waals surface area contributed by atoms with E-state index in [1.807, 2.05) is 0 Å². The zero-order valence-electron chi connectivity index (χ0n) is 14.8. The van der Waals surface area contributed by atoms with Gasteiger partial charge < -0.3 is 19.5 Å². The Morgan fingerprint density at radius 1 is 1.22 bits per heavy atom. The second kappa shape index (κ2) is 6.06. The second-order valence-corrected chi connectivity index (χ2v) is 8.34. The maximum absolute atomic E-state index is 11.9. The number of rotatable bonds is 4. The van der Waals surface area contributed by atoms with Crippen molar-refractivity contribution in [3.63, 3.8) is 0 Å². The van der Waals surface area contributed by atoms with Gasteiger partial charge in [0, 0.05) is 17.9 Å². The lowest BCUT2D eigenvalue weighted by Crippen LogP contribution is -2.71. The van der Waals surface area contributed by atoms with Crippen LogP contribution in [0.2, 0.25) is 0 Å². The molecule has 0 bridgehead atoms. The van der Waals surface area contributed by atoms with Crippen molar-refractivity contribution in [1.82, 2.24) is 4.90 Å². The van der Waals surface area contributed by atoms with E-state index in [0.29, 0.717) is 5.92 Å². The molecule has 1 saturated carbocycles. The smallest absolute Gasteiger partial charge is 0.324 e. The summed E-state index contributed by atoms with van der Waals surface area (Å²) >= 11 is 0. The zero-order chi connectivity index (χ0) is 17.5. The van der Waals surface area contributed by atoms with Crippen molar-refractivity contribution in [1.29, 1.82) is 0 Å². The third-order valence-corrected chi connectivity index (χ3v) is 6.16. The van der Waals surface area contributed by atoms with Crippen LogP contribution >= 0.6 is 0 Å². The minimum Gasteiger partial charge on any atom is -0.550 e. The molecule has 3 aliphatic rings. The van der Waals surface area contributed by atoms with Gasteiger partial charge in [-0.05, 0) is 51.5 Å². The van der Waals surface area contributed by atoms with Gasteiger partial charge in [0.2, 0.25) is 0 Å². The number of hydrogen-bond donors (Lipinski definition) is 1. The van der Waals surface area contributed by atoms with Gasteiger partial charge in [-0.15, -0.1) is 0 Å². The summed E-state index contributed by atoms with van der Waals surface area (Å²) in [7, 11) is 6.67. The summed E-state index contributed by atoms with van der Waals surface area (Å²) in [4.78, 5) is 23.0. The Hall–Kier alpha value is -1.14. The van der Waals surface area contributed by atoms with Crippen LogP contribution in [0, 0.1) is 11.3 Å². The molecule has 6 heteroatoms. The number of fused-ring (bicyclic) bond motifs is 2. The molecule has 3 fully saturated rings. The normalized spacial score (nSPS) is 35.6. The minimum atomic E-state index is -1.08. The number of carboxylic acids is 2. The SMILES string of the molecule is CC(=O)[O-].C[N+](C)(C)CCC1CCC12CCN1CC[C@]12C(=O)O. The predicted molar refractivity (Wildman–Crippen MR) is 84.5 cm³/mol. The molecule has 2 unspecified atom stereocenters. The summed E-state index contributed by atoms with van der Waals surface area (Å²) in [5, 5.41) is 18.7. The number of carbonyl (C=O) groups excluding carboxylic acids is 1. The van der Waals surface area contributed by atoms with Gasteiger partial charge >= 0.3 is 5.97 Å². The lowest BCUT2D eigenvalue weighted by atomic mass is 9.48. The Morgan fingerprint density at radius 2 is 1.78 bits per heavy atom. The molecule has 23 heavy (non-hydrogen) atoms. The van der Waals surface area contributed by atoms with Gasteiger partial charge in [-0.1, -0.05) is 0 Å². The maximum Gasteiger partial charge on any atom is 0.324 e. The van der Waals surface area contributed by atoms with E-state index in [-0.39, 0.29) is 5.41 Å². The summed E-state index contributed by atoms with van der Waals surface area (Å²) in [6.07, 6.45) is 5.55. The van der Waals surface area contributed by atoms with E-state index in [1.54, 1.807) is 0 Å². The fraction of sp³-hybridized carbons (Fsp3) is 0.882. The van der Waals surface area contributed by atoms with Crippen molar-refractivity contribution in [2.24, 2.45) is 11.3 Å². The average molecular weight is 326 g/mol. The van der Waals surface area contributed by atoms with Crippen LogP contribution in [0.25, 0.3) is 0 Å². The maximum atomic E-state index is 11.9. The number of aliphatic carboxylic acids is 2. The topological polar surface area (TPSA) is 80.7 Å². The van der Waals surface area contributed by atoms with E-state index in [1.165, 1.54) is 12.8 Å². The zero-order valence-corrected chi connectivity index (χ0v) is 14.8. The molecule has 1 aliphatic carbocycles. The first kappa shape index (κ1) is 18.2. The number of carboxylic acid groups (broad SMARTS) is 2. The van der Waals surface area contributed by atoms with E-state index in [9.17, 15) is 9.90 Å².